The number of hydrogen-bond acceptors (Lipinski definition) is 4. The maximum Gasteiger partial charge on any atom is 0.319 e. The van der Waals surface area contributed by atoms with Crippen LogP contribution in [0.15, 0.2) is 24.5 Å². The van der Waals surface area contributed by atoms with Gasteiger partial charge in [0, 0.05) is 31.6 Å². The van der Waals surface area contributed by atoms with Gasteiger partial charge < -0.3 is 15.4 Å². The number of rotatable bonds is 3. The van der Waals surface area contributed by atoms with Crippen molar-refractivity contribution < 1.29 is 9.53 Å². The highest BCUT2D eigenvalue weighted by atomic mass is 16.5. The average molecular weight is 355 g/mol. The topological polar surface area (TPSA) is 81.1 Å². The molecule has 0 saturated carbocycles. The summed E-state index contributed by atoms with van der Waals surface area (Å²) in [5.74, 6) is 0. The molecule has 2 aliphatic rings. The van der Waals surface area contributed by atoms with Gasteiger partial charge >= 0.3 is 6.03 Å². The van der Waals surface area contributed by atoms with E-state index in [-0.39, 0.29) is 18.2 Å². The number of fused-ring (bicyclic) bond motifs is 1. The van der Waals surface area contributed by atoms with Crippen LogP contribution in [0.4, 0.5) is 10.5 Å². The van der Waals surface area contributed by atoms with Crippen LogP contribution in [0.1, 0.15) is 48.7 Å². The molecule has 1 fully saturated rings. The molecule has 3 heterocycles. The van der Waals surface area contributed by atoms with Crippen LogP contribution in [0.3, 0.4) is 0 Å². The Labute approximate surface area is 153 Å². The fraction of sp³-hybridized carbons (Fsp3) is 0.526. The molecule has 1 aliphatic heterocycles. The number of pyridine rings is 1. The van der Waals surface area contributed by atoms with E-state index in [4.69, 9.17) is 4.74 Å². The molecule has 26 heavy (non-hydrogen) atoms. The molecule has 0 aromatic carbocycles. The second kappa shape index (κ2) is 7.45. The molecule has 1 saturated heterocycles. The van der Waals surface area contributed by atoms with Crippen LogP contribution in [-0.4, -0.2) is 33.4 Å². The SMILES string of the molecule is Cn1nccc1[C@@H]1C[C@@H](NC(=O)Nc2cnc3c(c2)CCCC3)CCO1. The zero-order valence-electron chi connectivity index (χ0n) is 15.1. The minimum atomic E-state index is -0.182. The molecule has 2 amide bonds. The molecule has 2 atom stereocenters. The lowest BCUT2D eigenvalue weighted by Crippen LogP contribution is -2.42. The number of carbonyl (C=O) groups excluding carboxylic acids is 1. The molecule has 7 nitrogen and oxygen atoms in total. The molecule has 7 heteroatoms. The number of aryl methyl sites for hydroxylation is 3. The molecule has 138 valence electrons. The van der Waals surface area contributed by atoms with Gasteiger partial charge in [-0.15, -0.1) is 0 Å². The number of nitrogens with zero attached hydrogens (tertiary/aromatic N) is 3. The number of carbonyl (C=O) groups is 1. The first-order valence-corrected chi connectivity index (χ1v) is 9.34. The minimum Gasteiger partial charge on any atom is -0.372 e. The van der Waals surface area contributed by atoms with Crippen LogP contribution in [0, 0.1) is 0 Å². The summed E-state index contributed by atoms with van der Waals surface area (Å²) in [6, 6.07) is 3.92. The number of anilines is 1. The van der Waals surface area contributed by atoms with Crippen LogP contribution in [0.5, 0.6) is 0 Å². The van der Waals surface area contributed by atoms with Gasteiger partial charge in [0.25, 0.3) is 0 Å². The van der Waals surface area contributed by atoms with E-state index in [1.807, 2.05) is 17.8 Å². The van der Waals surface area contributed by atoms with Gasteiger partial charge in [-0.1, -0.05) is 0 Å². The van der Waals surface area contributed by atoms with Gasteiger partial charge in [0.2, 0.25) is 0 Å². The summed E-state index contributed by atoms with van der Waals surface area (Å²) in [6.07, 6.45) is 9.53. The van der Waals surface area contributed by atoms with Crippen molar-refractivity contribution >= 4 is 11.7 Å². The quantitative estimate of drug-likeness (QED) is 0.887. The lowest BCUT2D eigenvalue weighted by atomic mass is 9.96. The summed E-state index contributed by atoms with van der Waals surface area (Å²) in [4.78, 5) is 16.9. The number of aromatic nitrogens is 3. The van der Waals surface area contributed by atoms with Crippen LogP contribution >= 0.6 is 0 Å². The van der Waals surface area contributed by atoms with Crippen molar-refractivity contribution in [2.24, 2.45) is 7.05 Å². The predicted molar refractivity (Wildman–Crippen MR) is 98.0 cm³/mol. The van der Waals surface area contributed by atoms with Crippen LogP contribution in [-0.2, 0) is 24.6 Å². The molecule has 4 rings (SSSR count). The minimum absolute atomic E-state index is 0.0352. The highest BCUT2D eigenvalue weighted by Gasteiger charge is 2.27. The van der Waals surface area contributed by atoms with E-state index in [0.29, 0.717) is 6.61 Å². The van der Waals surface area contributed by atoms with E-state index in [2.05, 4.69) is 26.8 Å². The number of amides is 2. The zero-order chi connectivity index (χ0) is 17.9. The Morgan fingerprint density at radius 1 is 1.35 bits per heavy atom. The van der Waals surface area contributed by atoms with Gasteiger partial charge in [-0.05, 0) is 56.2 Å². The van der Waals surface area contributed by atoms with E-state index in [1.54, 1.807) is 12.4 Å². The lowest BCUT2D eigenvalue weighted by molar-refractivity contribution is -0.00204. The van der Waals surface area contributed by atoms with E-state index in [1.165, 1.54) is 24.1 Å². The molecule has 1 aliphatic carbocycles. The third kappa shape index (κ3) is 3.72. The van der Waals surface area contributed by atoms with Crippen LogP contribution in [0.2, 0.25) is 0 Å². The van der Waals surface area contributed by atoms with Gasteiger partial charge in [-0.2, -0.15) is 5.10 Å². The maximum atomic E-state index is 12.4. The average Bonchev–Trinajstić information content (AvgIpc) is 3.08. The lowest BCUT2D eigenvalue weighted by Gasteiger charge is -2.30. The molecule has 0 bridgehead atoms. The first-order chi connectivity index (χ1) is 12.7. The van der Waals surface area contributed by atoms with E-state index in [9.17, 15) is 4.79 Å². The maximum absolute atomic E-state index is 12.4. The second-order valence-corrected chi connectivity index (χ2v) is 7.10. The smallest absolute Gasteiger partial charge is 0.319 e. The largest absolute Gasteiger partial charge is 0.372 e. The van der Waals surface area contributed by atoms with E-state index in [0.717, 1.165) is 37.1 Å². The number of hydrogen-bond donors (Lipinski definition) is 2. The molecule has 0 unspecified atom stereocenters. The van der Waals surface area contributed by atoms with Crippen molar-refractivity contribution in [3.63, 3.8) is 0 Å². The van der Waals surface area contributed by atoms with Crippen molar-refractivity contribution in [3.8, 4) is 0 Å². The normalized spacial score (nSPS) is 22.5. The summed E-state index contributed by atoms with van der Waals surface area (Å²) in [7, 11) is 1.91. The highest BCUT2D eigenvalue weighted by Crippen LogP contribution is 2.27. The van der Waals surface area contributed by atoms with Gasteiger partial charge in [0.05, 0.1) is 17.6 Å². The van der Waals surface area contributed by atoms with Gasteiger partial charge in [0.15, 0.2) is 0 Å². The molecular formula is C19H25N5O2. The number of urea groups is 1. The Morgan fingerprint density at radius 3 is 3.08 bits per heavy atom. The van der Waals surface area contributed by atoms with Crippen molar-refractivity contribution in [2.45, 2.75) is 50.7 Å². The number of ether oxygens (including phenoxy) is 1. The summed E-state index contributed by atoms with van der Waals surface area (Å²) >= 11 is 0. The van der Waals surface area contributed by atoms with Gasteiger partial charge in [0.1, 0.15) is 6.10 Å². The highest BCUT2D eigenvalue weighted by molar-refractivity contribution is 5.89. The monoisotopic (exact) mass is 355 g/mol. The standard InChI is InChI=1S/C19H25N5O2/c1-24-17(6-8-21-24)18-11-14(7-9-26-18)22-19(25)23-15-10-13-4-2-3-5-16(13)20-12-15/h6,8,10,12,14,18H,2-5,7,9,11H2,1H3,(H2,22,23,25)/t14-,18-/m0/s1. The zero-order valence-corrected chi connectivity index (χ0v) is 15.1. The fourth-order valence-corrected chi connectivity index (χ4v) is 3.84. The van der Waals surface area contributed by atoms with E-state index < -0.39 is 0 Å². The Kier molecular flexibility index (Phi) is 4.88. The van der Waals surface area contributed by atoms with Crippen molar-refractivity contribution in [1.29, 1.82) is 0 Å². The van der Waals surface area contributed by atoms with E-state index >= 15 is 0 Å². The number of nitrogens with one attached hydrogen (secondary N) is 2. The molecule has 2 aromatic heterocycles. The molecule has 2 N–H and O–H groups in total. The van der Waals surface area contributed by atoms with Crippen molar-refractivity contribution in [3.05, 3.63) is 41.5 Å². The first-order valence-electron chi connectivity index (χ1n) is 9.34. The Hall–Kier alpha value is -2.41. The van der Waals surface area contributed by atoms with Crippen molar-refractivity contribution in [1.82, 2.24) is 20.1 Å². The molecule has 0 spiro atoms. The molecule has 2 aromatic rings. The Balaban J connectivity index is 1.35. The van der Waals surface area contributed by atoms with Gasteiger partial charge in [-0.25, -0.2) is 4.79 Å². The van der Waals surface area contributed by atoms with Crippen LogP contribution in [0.25, 0.3) is 0 Å². The Bertz CT molecular complexity index is 788. The molecule has 0 radical (unpaired) electrons. The predicted octanol–water partition coefficient (Wildman–Crippen LogP) is 2.74. The first kappa shape index (κ1) is 17.0. The van der Waals surface area contributed by atoms with Gasteiger partial charge in [-0.3, -0.25) is 9.67 Å². The Morgan fingerprint density at radius 2 is 2.23 bits per heavy atom. The summed E-state index contributed by atoms with van der Waals surface area (Å²) in [6.45, 7) is 0.626. The summed E-state index contributed by atoms with van der Waals surface area (Å²) in [5, 5.41) is 10.2. The summed E-state index contributed by atoms with van der Waals surface area (Å²) in [5.41, 5.74) is 4.23. The summed E-state index contributed by atoms with van der Waals surface area (Å²) < 4.78 is 7.68. The van der Waals surface area contributed by atoms with Crippen LogP contribution < -0.4 is 10.6 Å². The molecular weight excluding hydrogens is 330 g/mol. The fourth-order valence-electron chi connectivity index (χ4n) is 3.84. The van der Waals surface area contributed by atoms with Crippen molar-refractivity contribution in [2.75, 3.05) is 11.9 Å². The third-order valence-electron chi connectivity index (χ3n) is 5.24. The third-order valence-corrected chi connectivity index (χ3v) is 5.24. The second-order valence-electron chi connectivity index (χ2n) is 7.10.